The number of halogens is 3. The van der Waals surface area contributed by atoms with Gasteiger partial charge in [-0.3, -0.25) is 0 Å². The molecule has 1 aliphatic carbocycles. The largest absolute Gasteiger partial charge is 0.490 e. The SMILES string of the molecule is CCCCOC1CCC(COc2cc(F)c(C(=O)Oc3ccc(C#N)cc3)c(F)c2F)CC1. The van der Waals surface area contributed by atoms with Gasteiger partial charge >= 0.3 is 5.97 Å². The fraction of sp³-hybridized carbons (Fsp3) is 0.440. The summed E-state index contributed by atoms with van der Waals surface area (Å²) < 4.78 is 59.6. The van der Waals surface area contributed by atoms with Crippen LogP contribution in [-0.2, 0) is 4.74 Å². The number of carbonyl (C=O) groups excluding carboxylic acids is 1. The van der Waals surface area contributed by atoms with Crippen LogP contribution in [0.2, 0.25) is 0 Å². The molecule has 0 N–H and O–H groups in total. The summed E-state index contributed by atoms with van der Waals surface area (Å²) in [4.78, 5) is 12.2. The Morgan fingerprint density at radius 2 is 1.79 bits per heavy atom. The zero-order valence-corrected chi connectivity index (χ0v) is 18.4. The van der Waals surface area contributed by atoms with E-state index in [1.165, 1.54) is 24.3 Å². The summed E-state index contributed by atoms with van der Waals surface area (Å²) in [7, 11) is 0. The van der Waals surface area contributed by atoms with E-state index in [-0.39, 0.29) is 24.4 Å². The third kappa shape index (κ3) is 6.48. The fourth-order valence-corrected chi connectivity index (χ4v) is 3.69. The summed E-state index contributed by atoms with van der Waals surface area (Å²) in [6, 6.07) is 7.88. The molecule has 2 aromatic carbocycles. The highest BCUT2D eigenvalue weighted by atomic mass is 19.2. The van der Waals surface area contributed by atoms with E-state index in [4.69, 9.17) is 19.5 Å². The van der Waals surface area contributed by atoms with E-state index in [0.717, 1.165) is 45.1 Å². The van der Waals surface area contributed by atoms with Gasteiger partial charge in [0.1, 0.15) is 17.1 Å². The van der Waals surface area contributed by atoms with Crippen LogP contribution in [-0.4, -0.2) is 25.3 Å². The first-order chi connectivity index (χ1) is 15.9. The molecular formula is C25H26F3NO4. The zero-order valence-electron chi connectivity index (χ0n) is 18.4. The van der Waals surface area contributed by atoms with Crippen molar-refractivity contribution in [2.45, 2.75) is 51.6 Å². The van der Waals surface area contributed by atoms with Crippen LogP contribution >= 0.6 is 0 Å². The predicted octanol–water partition coefficient (Wildman–Crippen LogP) is 5.95. The summed E-state index contributed by atoms with van der Waals surface area (Å²) in [5, 5.41) is 8.78. The normalized spacial score (nSPS) is 17.9. The highest BCUT2D eigenvalue weighted by molar-refractivity contribution is 5.92. The number of benzene rings is 2. The molecule has 33 heavy (non-hydrogen) atoms. The third-order valence-electron chi connectivity index (χ3n) is 5.64. The van der Waals surface area contributed by atoms with Gasteiger partial charge in [-0.2, -0.15) is 9.65 Å². The second-order valence-electron chi connectivity index (χ2n) is 8.06. The second kappa shape index (κ2) is 11.7. The first-order valence-electron chi connectivity index (χ1n) is 11.1. The van der Waals surface area contributed by atoms with E-state index in [0.29, 0.717) is 11.6 Å². The Kier molecular flexibility index (Phi) is 8.72. The van der Waals surface area contributed by atoms with Gasteiger partial charge in [0.15, 0.2) is 11.6 Å². The Bertz CT molecular complexity index is 996. The number of unbranched alkanes of at least 4 members (excludes halogenated alkanes) is 1. The molecule has 0 bridgehead atoms. The summed E-state index contributed by atoms with van der Waals surface area (Å²) >= 11 is 0. The van der Waals surface area contributed by atoms with Gasteiger partial charge in [-0.1, -0.05) is 13.3 Å². The van der Waals surface area contributed by atoms with Gasteiger partial charge in [0.2, 0.25) is 5.82 Å². The Morgan fingerprint density at radius 3 is 2.42 bits per heavy atom. The van der Waals surface area contributed by atoms with E-state index < -0.39 is 34.7 Å². The van der Waals surface area contributed by atoms with Crippen molar-refractivity contribution in [1.82, 2.24) is 0 Å². The maximum Gasteiger partial charge on any atom is 0.349 e. The summed E-state index contributed by atoms with van der Waals surface area (Å²) in [5.74, 6) is -6.27. The van der Waals surface area contributed by atoms with Crippen molar-refractivity contribution >= 4 is 5.97 Å². The number of nitriles is 1. The third-order valence-corrected chi connectivity index (χ3v) is 5.64. The van der Waals surface area contributed by atoms with Crippen LogP contribution < -0.4 is 9.47 Å². The Morgan fingerprint density at radius 1 is 1.09 bits per heavy atom. The predicted molar refractivity (Wildman–Crippen MR) is 115 cm³/mol. The van der Waals surface area contributed by atoms with Gasteiger partial charge < -0.3 is 14.2 Å². The number of esters is 1. The van der Waals surface area contributed by atoms with Crippen LogP contribution in [0, 0.1) is 34.7 Å². The van der Waals surface area contributed by atoms with Crippen LogP contribution in [0.15, 0.2) is 30.3 Å². The topological polar surface area (TPSA) is 68.6 Å². The van der Waals surface area contributed by atoms with Gasteiger partial charge in [-0.25, -0.2) is 13.6 Å². The number of ether oxygens (including phenoxy) is 3. The molecule has 0 aliphatic heterocycles. The van der Waals surface area contributed by atoms with E-state index in [2.05, 4.69) is 6.92 Å². The smallest absolute Gasteiger partial charge is 0.349 e. The minimum absolute atomic E-state index is 0.0344. The molecule has 176 valence electrons. The molecule has 0 unspecified atom stereocenters. The van der Waals surface area contributed by atoms with Crippen LogP contribution in [0.5, 0.6) is 11.5 Å². The van der Waals surface area contributed by atoms with Crippen molar-refractivity contribution in [1.29, 1.82) is 5.26 Å². The second-order valence-corrected chi connectivity index (χ2v) is 8.06. The quantitative estimate of drug-likeness (QED) is 0.200. The maximum absolute atomic E-state index is 14.5. The first-order valence-corrected chi connectivity index (χ1v) is 11.1. The molecular weight excluding hydrogens is 435 g/mol. The lowest BCUT2D eigenvalue weighted by molar-refractivity contribution is 0.0114. The number of nitrogens with zero attached hydrogens (tertiary/aromatic N) is 1. The lowest BCUT2D eigenvalue weighted by Gasteiger charge is -2.28. The molecule has 1 saturated carbocycles. The lowest BCUT2D eigenvalue weighted by Crippen LogP contribution is -2.25. The molecule has 0 atom stereocenters. The molecule has 8 heteroatoms. The lowest BCUT2D eigenvalue weighted by atomic mass is 9.88. The molecule has 5 nitrogen and oxygen atoms in total. The molecule has 0 aromatic heterocycles. The van der Waals surface area contributed by atoms with Gasteiger partial charge in [0.05, 0.1) is 24.3 Å². The molecule has 1 aliphatic rings. The minimum atomic E-state index is -1.67. The Labute approximate surface area is 191 Å². The van der Waals surface area contributed by atoms with Crippen LogP contribution in [0.4, 0.5) is 13.2 Å². The Hall–Kier alpha value is -3.05. The maximum atomic E-state index is 14.5. The number of hydrogen-bond donors (Lipinski definition) is 0. The number of hydrogen-bond acceptors (Lipinski definition) is 5. The highest BCUT2D eigenvalue weighted by Gasteiger charge is 2.28. The van der Waals surface area contributed by atoms with Crippen LogP contribution in [0.25, 0.3) is 0 Å². The van der Waals surface area contributed by atoms with Gasteiger partial charge in [0, 0.05) is 12.7 Å². The van der Waals surface area contributed by atoms with Crippen molar-refractivity contribution in [2.24, 2.45) is 5.92 Å². The minimum Gasteiger partial charge on any atom is -0.490 e. The summed E-state index contributed by atoms with van der Waals surface area (Å²) in [6.07, 6.45) is 5.67. The molecule has 2 aromatic rings. The average Bonchev–Trinajstić information content (AvgIpc) is 2.82. The van der Waals surface area contributed by atoms with E-state index in [1.807, 2.05) is 6.07 Å². The molecule has 0 heterocycles. The van der Waals surface area contributed by atoms with Crippen molar-refractivity contribution in [3.63, 3.8) is 0 Å². The van der Waals surface area contributed by atoms with Crippen molar-refractivity contribution in [3.8, 4) is 17.6 Å². The highest BCUT2D eigenvalue weighted by Crippen LogP contribution is 2.30. The fourth-order valence-electron chi connectivity index (χ4n) is 3.69. The van der Waals surface area contributed by atoms with Crippen LogP contribution in [0.3, 0.4) is 0 Å². The summed E-state index contributed by atoms with van der Waals surface area (Å²) in [5.41, 5.74) is -0.828. The van der Waals surface area contributed by atoms with Gasteiger partial charge in [-0.15, -0.1) is 0 Å². The summed E-state index contributed by atoms with van der Waals surface area (Å²) in [6.45, 7) is 2.96. The Balaban J connectivity index is 1.59. The monoisotopic (exact) mass is 461 g/mol. The average molecular weight is 461 g/mol. The van der Waals surface area contributed by atoms with Crippen molar-refractivity contribution < 1.29 is 32.2 Å². The molecule has 0 spiro atoms. The molecule has 3 rings (SSSR count). The van der Waals surface area contributed by atoms with E-state index >= 15 is 0 Å². The van der Waals surface area contributed by atoms with Crippen LogP contribution in [0.1, 0.15) is 61.4 Å². The first kappa shape index (κ1) is 24.6. The standard InChI is InChI=1S/C25H26F3NO4/c1-2-3-12-31-18-8-6-17(7-9-18)15-32-21-13-20(26)22(24(28)23(21)27)25(30)33-19-10-4-16(14-29)5-11-19/h4-5,10-11,13,17-18H,2-3,6-9,12,15H2,1H3. The van der Waals surface area contributed by atoms with Gasteiger partial charge in [0.25, 0.3) is 0 Å². The van der Waals surface area contributed by atoms with Gasteiger partial charge in [-0.05, 0) is 62.3 Å². The van der Waals surface area contributed by atoms with Crippen molar-refractivity contribution in [3.05, 3.63) is 58.9 Å². The zero-order chi connectivity index (χ0) is 23.8. The number of carbonyl (C=O) groups is 1. The molecule has 0 saturated heterocycles. The van der Waals surface area contributed by atoms with E-state index in [9.17, 15) is 18.0 Å². The van der Waals surface area contributed by atoms with E-state index in [1.54, 1.807) is 0 Å². The molecule has 1 fully saturated rings. The number of rotatable bonds is 9. The van der Waals surface area contributed by atoms with Crippen molar-refractivity contribution in [2.75, 3.05) is 13.2 Å². The molecule has 0 radical (unpaired) electrons. The molecule has 0 amide bonds.